The van der Waals surface area contributed by atoms with E-state index < -0.39 is 15.8 Å². The Balaban J connectivity index is 0.000000171. The molecule has 1 heterocycles. The molecule has 0 N–H and O–H groups in total. The first kappa shape index (κ1) is 57.2. The normalized spacial score (nSPS) is 11.0. The van der Waals surface area contributed by atoms with Crippen molar-refractivity contribution in [3.05, 3.63) is 303 Å². The third-order valence-corrected chi connectivity index (χ3v) is 18.4. The molecular formula is C64H60OP4Pt2. The summed E-state index contributed by atoms with van der Waals surface area (Å²) in [5, 5.41) is 14.0. The molecule has 0 bridgehead atoms. The van der Waals surface area contributed by atoms with E-state index in [9.17, 15) is 0 Å². The van der Waals surface area contributed by atoms with Gasteiger partial charge in [0, 0.05) is 55.3 Å². The van der Waals surface area contributed by atoms with E-state index in [1.807, 2.05) is 24.3 Å². The average molecular weight is 1360 g/mol. The first-order valence-electron chi connectivity index (χ1n) is 23.6. The van der Waals surface area contributed by atoms with Crippen molar-refractivity contribution in [2.75, 3.05) is 13.2 Å². The predicted octanol–water partition coefficient (Wildman–Crippen LogP) is 12.3. The fraction of sp³-hybridized carbons (Fsp3) is 0.0625. The molecule has 1 aliphatic rings. The van der Waals surface area contributed by atoms with Crippen molar-refractivity contribution >= 4 is 86.0 Å². The Labute approximate surface area is 458 Å². The number of hydrogen-bond donors (Lipinski definition) is 0. The molecule has 0 unspecified atom stereocenters. The summed E-state index contributed by atoms with van der Waals surface area (Å²) in [5.41, 5.74) is 0. The molecule has 0 aliphatic carbocycles. The van der Waals surface area contributed by atoms with Crippen LogP contribution in [0, 0.1) is 0 Å². The summed E-state index contributed by atoms with van der Waals surface area (Å²) in [6, 6.07) is 107. The summed E-state index contributed by atoms with van der Waals surface area (Å²) < 4.78 is 4.94. The van der Waals surface area contributed by atoms with Crippen LogP contribution in [0.1, 0.15) is 12.8 Å². The van der Waals surface area contributed by atoms with Crippen molar-refractivity contribution in [2.45, 2.75) is 12.8 Å². The molecule has 11 rings (SSSR count). The summed E-state index contributed by atoms with van der Waals surface area (Å²) in [7, 11) is 0.810. The number of benzene rings is 10. The number of ether oxygens (including phenoxy) is 1. The van der Waals surface area contributed by atoms with E-state index in [1.54, 1.807) is 0 Å². The maximum atomic E-state index is 4.94. The van der Waals surface area contributed by atoms with Gasteiger partial charge in [0.15, 0.2) is 0 Å². The number of hydrogen-bond acceptors (Lipinski definition) is 1. The molecule has 0 saturated carbocycles. The monoisotopic (exact) mass is 1360 g/mol. The van der Waals surface area contributed by atoms with Crippen molar-refractivity contribution < 1.29 is 46.9 Å². The van der Waals surface area contributed by atoms with Crippen molar-refractivity contribution in [1.29, 1.82) is 0 Å². The Morgan fingerprint density at radius 3 is 0.521 bits per heavy atom. The minimum Gasteiger partial charge on any atom is -0.472 e. The Bertz CT molecular complexity index is 2350. The topological polar surface area (TPSA) is 9.23 Å². The van der Waals surface area contributed by atoms with Crippen molar-refractivity contribution in [3.63, 3.8) is 0 Å². The van der Waals surface area contributed by atoms with Crippen LogP contribution in [-0.4, -0.2) is 13.2 Å². The first-order valence-corrected chi connectivity index (χ1v) is 28.4. The van der Waals surface area contributed by atoms with Crippen LogP contribution in [0.25, 0.3) is 0 Å². The molecule has 1 nitrogen and oxygen atoms in total. The molecule has 10 aromatic carbocycles. The van der Waals surface area contributed by atoms with E-state index in [1.165, 1.54) is 83.0 Å². The minimum absolute atomic E-state index is 0. The van der Waals surface area contributed by atoms with Crippen LogP contribution in [0.5, 0.6) is 0 Å². The van der Waals surface area contributed by atoms with Gasteiger partial charge < -0.3 is 21.9 Å². The largest absolute Gasteiger partial charge is 0.472 e. The molecule has 1 saturated heterocycles. The molecule has 0 radical (unpaired) electrons. The van der Waals surface area contributed by atoms with Gasteiger partial charge in [-0.1, -0.05) is 231 Å². The third kappa shape index (κ3) is 20.7. The van der Waals surface area contributed by atoms with Crippen molar-refractivity contribution in [3.8, 4) is 0 Å². The zero-order valence-corrected chi connectivity index (χ0v) is 48.0. The van der Waals surface area contributed by atoms with Gasteiger partial charge in [0.05, 0.1) is 15.8 Å². The minimum atomic E-state index is -0.877. The fourth-order valence-electron chi connectivity index (χ4n) is 7.45. The smallest absolute Gasteiger partial charge is 0.102 e. The molecule has 0 atom stereocenters. The maximum absolute atomic E-state index is 4.94. The van der Waals surface area contributed by atoms with E-state index in [-0.39, 0.29) is 42.1 Å². The van der Waals surface area contributed by atoms with Crippen LogP contribution in [0.4, 0.5) is 0 Å². The van der Waals surface area contributed by atoms with Gasteiger partial charge in [-0.3, -0.25) is 0 Å². The summed E-state index contributed by atoms with van der Waals surface area (Å²) >= 11 is 0. The SMILES string of the molecule is C1CCOC1.[Pt].[Pt].c1ccc([P-]c2ccccc2)cc1.c1ccc([P-]c2ccccc2)cc1.c1ccc([PH+](c2ccccc2)c2ccccc2)cc1.c1ccc([PH+](c2ccccc2)c2ccccc2)cc1. The van der Waals surface area contributed by atoms with Gasteiger partial charge in [-0.2, -0.15) is 0 Å². The summed E-state index contributed by atoms with van der Waals surface area (Å²) in [5.74, 6) is 0. The van der Waals surface area contributed by atoms with Crippen LogP contribution in [0.2, 0.25) is 0 Å². The Kier molecular flexibility index (Phi) is 27.8. The quantitative estimate of drug-likeness (QED) is 0.124. The second-order valence-electron chi connectivity index (χ2n) is 15.8. The molecule has 71 heavy (non-hydrogen) atoms. The Morgan fingerprint density at radius 2 is 0.380 bits per heavy atom. The van der Waals surface area contributed by atoms with E-state index >= 15 is 0 Å². The van der Waals surface area contributed by atoms with E-state index in [0.29, 0.717) is 0 Å². The molecule has 7 heteroatoms. The van der Waals surface area contributed by atoms with E-state index in [2.05, 4.69) is 279 Å². The number of rotatable bonds is 10. The van der Waals surface area contributed by atoms with Gasteiger partial charge in [-0.25, -0.2) is 21.2 Å². The van der Waals surface area contributed by atoms with Crippen LogP contribution in [-0.2, 0) is 46.9 Å². The average Bonchev–Trinajstić information content (AvgIpc) is 4.04. The second-order valence-corrected chi connectivity index (χ2v) is 23.3. The summed E-state index contributed by atoms with van der Waals surface area (Å²) in [6.07, 6.45) is 2.56. The molecule has 0 spiro atoms. The van der Waals surface area contributed by atoms with Crippen LogP contribution in [0.15, 0.2) is 303 Å². The zero-order valence-electron chi connectivity index (χ0n) is 39.6. The molecule has 0 amide bonds. The van der Waals surface area contributed by atoms with E-state index in [4.69, 9.17) is 4.74 Å². The Hall–Kier alpha value is -4.74. The van der Waals surface area contributed by atoms with Gasteiger partial charge in [0.2, 0.25) is 0 Å². The van der Waals surface area contributed by atoms with Crippen LogP contribution >= 0.6 is 33.0 Å². The van der Waals surface area contributed by atoms with E-state index in [0.717, 1.165) is 13.2 Å². The van der Waals surface area contributed by atoms with Gasteiger partial charge >= 0.3 is 0 Å². The third-order valence-electron chi connectivity index (χ3n) is 10.7. The standard InChI is InChI=1S/2C18H15P.2C12H10P.C4H8O.2Pt/c2*1-4-10-16(11-5-1)19(17-12-6-2-7-13-17)18-14-8-3-9-15-18;2*1-3-7-11(8-4-1)13-12-9-5-2-6-10-12;1-2-4-5-3-1;;/h2*1-15H;2*1-10H;1-4H2;;/q;;2*-1;;;/p+2. The fourth-order valence-corrected chi connectivity index (χ4v) is 14.5. The molecule has 1 aliphatic heterocycles. The van der Waals surface area contributed by atoms with Crippen molar-refractivity contribution in [2.24, 2.45) is 0 Å². The predicted molar refractivity (Wildman–Crippen MR) is 311 cm³/mol. The molecule has 362 valence electrons. The molecule has 0 aromatic heterocycles. The Morgan fingerprint density at radius 1 is 0.225 bits per heavy atom. The van der Waals surface area contributed by atoms with Crippen molar-refractivity contribution in [1.82, 2.24) is 0 Å². The second kappa shape index (κ2) is 34.6. The van der Waals surface area contributed by atoms with Crippen LogP contribution < -0.4 is 53.0 Å². The van der Waals surface area contributed by atoms with Gasteiger partial charge in [-0.05, 0) is 85.6 Å². The van der Waals surface area contributed by atoms with Crippen LogP contribution in [0.3, 0.4) is 0 Å². The summed E-state index contributed by atoms with van der Waals surface area (Å²) in [6.45, 7) is 2.00. The molecular weight excluding hydrogens is 1300 g/mol. The van der Waals surface area contributed by atoms with Gasteiger partial charge in [-0.15, -0.1) is 0 Å². The molecule has 10 aromatic rings. The molecule has 1 fully saturated rings. The zero-order chi connectivity index (χ0) is 47.2. The maximum Gasteiger partial charge on any atom is 0.102 e. The van der Waals surface area contributed by atoms with Gasteiger partial charge in [0.25, 0.3) is 0 Å². The first-order chi connectivity index (χ1) is 34.3. The van der Waals surface area contributed by atoms with Gasteiger partial charge in [0.1, 0.15) is 31.8 Å². The summed E-state index contributed by atoms with van der Waals surface area (Å²) in [4.78, 5) is 0.